The van der Waals surface area contributed by atoms with Gasteiger partial charge in [0.15, 0.2) is 0 Å². The van der Waals surface area contributed by atoms with Crippen molar-refractivity contribution >= 4 is 15.9 Å². The standard InChI is InChI=1S/C7H8BrNO/c8-4-6-1-2-9-7(3-6)5-10/h1-3,10H,4-5H2. The highest BCUT2D eigenvalue weighted by molar-refractivity contribution is 9.08. The Balaban J connectivity index is 2.87. The molecule has 3 heteroatoms. The lowest BCUT2D eigenvalue weighted by Crippen LogP contribution is -1.89. The van der Waals surface area contributed by atoms with Gasteiger partial charge in [-0.2, -0.15) is 0 Å². The fourth-order valence-corrected chi connectivity index (χ4v) is 1.05. The molecule has 0 radical (unpaired) electrons. The van der Waals surface area contributed by atoms with E-state index in [1.807, 2.05) is 12.1 Å². The zero-order valence-corrected chi connectivity index (χ0v) is 7.00. The van der Waals surface area contributed by atoms with Crippen molar-refractivity contribution in [1.29, 1.82) is 0 Å². The van der Waals surface area contributed by atoms with E-state index >= 15 is 0 Å². The van der Waals surface area contributed by atoms with E-state index in [0.717, 1.165) is 16.6 Å². The molecular weight excluding hydrogens is 194 g/mol. The molecule has 0 unspecified atom stereocenters. The molecule has 0 spiro atoms. The Morgan fingerprint density at radius 3 is 3.00 bits per heavy atom. The predicted molar refractivity (Wildman–Crippen MR) is 42.8 cm³/mol. The zero-order valence-electron chi connectivity index (χ0n) is 5.42. The van der Waals surface area contributed by atoms with Crippen LogP contribution in [0, 0.1) is 0 Å². The first-order valence-electron chi connectivity index (χ1n) is 2.97. The summed E-state index contributed by atoms with van der Waals surface area (Å²) in [5, 5.41) is 9.49. The van der Waals surface area contributed by atoms with Crippen LogP contribution < -0.4 is 0 Å². The number of hydrogen-bond donors (Lipinski definition) is 1. The number of rotatable bonds is 2. The van der Waals surface area contributed by atoms with Gasteiger partial charge in [0.25, 0.3) is 0 Å². The normalized spacial score (nSPS) is 9.80. The molecule has 0 aromatic carbocycles. The minimum atomic E-state index is 0.0147. The van der Waals surface area contributed by atoms with E-state index in [2.05, 4.69) is 20.9 Å². The lowest BCUT2D eigenvalue weighted by atomic mass is 10.2. The molecule has 0 aliphatic rings. The molecule has 0 atom stereocenters. The van der Waals surface area contributed by atoms with E-state index in [1.54, 1.807) is 6.20 Å². The van der Waals surface area contributed by atoms with Gasteiger partial charge in [-0.05, 0) is 17.7 Å². The third-order valence-electron chi connectivity index (χ3n) is 1.20. The van der Waals surface area contributed by atoms with Crippen LogP contribution in [-0.4, -0.2) is 10.1 Å². The SMILES string of the molecule is OCc1cc(CBr)ccn1. The molecule has 1 aromatic heterocycles. The van der Waals surface area contributed by atoms with Gasteiger partial charge in [0.1, 0.15) is 0 Å². The maximum Gasteiger partial charge on any atom is 0.0853 e. The quantitative estimate of drug-likeness (QED) is 0.736. The van der Waals surface area contributed by atoms with E-state index < -0.39 is 0 Å². The Bertz CT molecular complexity index is 195. The van der Waals surface area contributed by atoms with Crippen LogP contribution in [0.25, 0.3) is 0 Å². The van der Waals surface area contributed by atoms with Crippen molar-refractivity contribution in [3.8, 4) is 0 Å². The molecule has 0 saturated heterocycles. The fraction of sp³-hybridized carbons (Fsp3) is 0.286. The van der Waals surface area contributed by atoms with E-state index in [9.17, 15) is 0 Å². The molecule has 2 nitrogen and oxygen atoms in total. The number of halogens is 1. The van der Waals surface area contributed by atoms with Crippen molar-refractivity contribution in [3.63, 3.8) is 0 Å². The first-order chi connectivity index (χ1) is 4.86. The molecule has 0 saturated carbocycles. The summed E-state index contributed by atoms with van der Waals surface area (Å²) in [7, 11) is 0. The third-order valence-corrected chi connectivity index (χ3v) is 1.84. The summed E-state index contributed by atoms with van der Waals surface area (Å²) < 4.78 is 0. The average Bonchev–Trinajstić information content (AvgIpc) is 2.05. The van der Waals surface area contributed by atoms with Crippen molar-refractivity contribution < 1.29 is 5.11 Å². The number of aliphatic hydroxyl groups excluding tert-OH is 1. The van der Waals surface area contributed by atoms with E-state index in [4.69, 9.17) is 5.11 Å². The molecule has 0 amide bonds. The molecule has 1 rings (SSSR count). The van der Waals surface area contributed by atoms with Crippen LogP contribution in [0.1, 0.15) is 11.3 Å². The molecule has 1 aromatic rings. The van der Waals surface area contributed by atoms with Gasteiger partial charge in [0, 0.05) is 11.5 Å². The fourth-order valence-electron chi connectivity index (χ4n) is 0.698. The van der Waals surface area contributed by atoms with E-state index in [0.29, 0.717) is 0 Å². The summed E-state index contributed by atoms with van der Waals surface area (Å²) >= 11 is 3.31. The van der Waals surface area contributed by atoms with Crippen molar-refractivity contribution in [2.75, 3.05) is 0 Å². The summed E-state index contributed by atoms with van der Waals surface area (Å²) in [4.78, 5) is 3.94. The summed E-state index contributed by atoms with van der Waals surface area (Å²) in [6.45, 7) is 0.0147. The Hall–Kier alpha value is -0.410. The molecule has 1 N–H and O–H groups in total. The van der Waals surface area contributed by atoms with Crippen LogP contribution in [0.5, 0.6) is 0 Å². The Labute approximate surface area is 68.0 Å². The summed E-state index contributed by atoms with van der Waals surface area (Å²) in [6, 6.07) is 3.78. The van der Waals surface area contributed by atoms with Gasteiger partial charge in [-0.1, -0.05) is 15.9 Å². The van der Waals surface area contributed by atoms with Crippen molar-refractivity contribution in [1.82, 2.24) is 4.98 Å². The van der Waals surface area contributed by atoms with E-state index in [-0.39, 0.29) is 6.61 Å². The summed E-state index contributed by atoms with van der Waals surface area (Å²) in [5.41, 5.74) is 1.86. The highest BCUT2D eigenvalue weighted by Gasteiger charge is 1.92. The number of alkyl halides is 1. The lowest BCUT2D eigenvalue weighted by molar-refractivity contribution is 0.277. The smallest absolute Gasteiger partial charge is 0.0853 e. The third kappa shape index (κ3) is 1.78. The van der Waals surface area contributed by atoms with Crippen LogP contribution in [0.3, 0.4) is 0 Å². The lowest BCUT2D eigenvalue weighted by Gasteiger charge is -1.96. The maximum atomic E-state index is 8.68. The monoisotopic (exact) mass is 201 g/mol. The van der Waals surface area contributed by atoms with Gasteiger partial charge in [-0.3, -0.25) is 4.98 Å². The van der Waals surface area contributed by atoms with Crippen molar-refractivity contribution in [2.45, 2.75) is 11.9 Å². The highest BCUT2D eigenvalue weighted by atomic mass is 79.9. The molecule has 0 aliphatic carbocycles. The molecule has 0 fully saturated rings. The van der Waals surface area contributed by atoms with Gasteiger partial charge >= 0.3 is 0 Å². The topological polar surface area (TPSA) is 33.1 Å². The molecule has 0 bridgehead atoms. The molecule has 54 valence electrons. The molecular formula is C7H8BrNO. The van der Waals surface area contributed by atoms with Crippen LogP contribution >= 0.6 is 15.9 Å². The number of hydrogen-bond acceptors (Lipinski definition) is 2. The highest BCUT2D eigenvalue weighted by Crippen LogP contribution is 2.05. The minimum absolute atomic E-state index is 0.0147. The van der Waals surface area contributed by atoms with Crippen LogP contribution in [0.2, 0.25) is 0 Å². The molecule has 1 heterocycles. The van der Waals surface area contributed by atoms with Crippen LogP contribution in [0.15, 0.2) is 18.3 Å². The predicted octanol–water partition coefficient (Wildman–Crippen LogP) is 1.47. The Morgan fingerprint density at radius 2 is 2.40 bits per heavy atom. The first-order valence-corrected chi connectivity index (χ1v) is 4.09. The van der Waals surface area contributed by atoms with Gasteiger partial charge in [0.05, 0.1) is 12.3 Å². The van der Waals surface area contributed by atoms with Crippen LogP contribution in [-0.2, 0) is 11.9 Å². The average molecular weight is 202 g/mol. The summed E-state index contributed by atoms with van der Waals surface area (Å²) in [5.74, 6) is 0. The van der Waals surface area contributed by atoms with E-state index in [1.165, 1.54) is 0 Å². The molecule has 0 aliphatic heterocycles. The van der Waals surface area contributed by atoms with Crippen molar-refractivity contribution in [3.05, 3.63) is 29.6 Å². The van der Waals surface area contributed by atoms with Gasteiger partial charge in [-0.25, -0.2) is 0 Å². The second-order valence-electron chi connectivity index (χ2n) is 1.95. The number of aromatic nitrogens is 1. The van der Waals surface area contributed by atoms with Gasteiger partial charge < -0.3 is 5.11 Å². The Morgan fingerprint density at radius 1 is 1.60 bits per heavy atom. The minimum Gasteiger partial charge on any atom is -0.390 e. The largest absolute Gasteiger partial charge is 0.390 e. The number of pyridine rings is 1. The van der Waals surface area contributed by atoms with Gasteiger partial charge in [-0.15, -0.1) is 0 Å². The second-order valence-corrected chi connectivity index (χ2v) is 2.51. The van der Waals surface area contributed by atoms with Crippen molar-refractivity contribution in [2.24, 2.45) is 0 Å². The first kappa shape index (κ1) is 7.69. The maximum absolute atomic E-state index is 8.68. The van der Waals surface area contributed by atoms with Gasteiger partial charge in [0.2, 0.25) is 0 Å². The molecule has 10 heavy (non-hydrogen) atoms. The summed E-state index contributed by atoms with van der Waals surface area (Å²) in [6.07, 6.45) is 1.70. The zero-order chi connectivity index (χ0) is 7.40. The second kappa shape index (κ2) is 3.68. The number of nitrogens with zero attached hydrogens (tertiary/aromatic N) is 1. The number of aliphatic hydroxyl groups is 1. The van der Waals surface area contributed by atoms with Crippen LogP contribution in [0.4, 0.5) is 0 Å². The Kier molecular flexibility index (Phi) is 2.83.